The molecule has 4 rings (SSSR count). The molecule has 0 aliphatic heterocycles. The molecule has 2 aromatic heterocycles. The fourth-order valence-electron chi connectivity index (χ4n) is 3.93. The number of aromatic amines is 1. The highest BCUT2D eigenvalue weighted by molar-refractivity contribution is 6.01. The summed E-state index contributed by atoms with van der Waals surface area (Å²) in [6.45, 7) is 2.66. The van der Waals surface area contributed by atoms with Crippen molar-refractivity contribution in [1.82, 2.24) is 9.97 Å². The zero-order chi connectivity index (χ0) is 20.4. The van der Waals surface area contributed by atoms with Crippen LogP contribution in [-0.4, -0.2) is 23.6 Å². The van der Waals surface area contributed by atoms with Crippen LogP contribution in [0.5, 0.6) is 5.75 Å². The molecule has 0 atom stereocenters. The molecule has 0 saturated heterocycles. The van der Waals surface area contributed by atoms with Crippen molar-refractivity contribution in [2.75, 3.05) is 13.7 Å². The van der Waals surface area contributed by atoms with Crippen molar-refractivity contribution in [3.63, 3.8) is 0 Å². The molecule has 0 aliphatic rings. The van der Waals surface area contributed by atoms with Crippen LogP contribution in [0.2, 0.25) is 0 Å². The first-order chi connectivity index (χ1) is 14.2. The van der Waals surface area contributed by atoms with E-state index < -0.39 is 0 Å². The molecule has 0 amide bonds. The minimum atomic E-state index is 0.667. The number of hydrogen-bond acceptors (Lipinski definition) is 4. The number of nitriles is 1. The number of H-pyrrole nitrogens is 1. The smallest absolute Gasteiger partial charge is 0.145 e. The Hall–Kier alpha value is -3.36. The van der Waals surface area contributed by atoms with E-state index in [1.807, 2.05) is 37.3 Å². The van der Waals surface area contributed by atoms with Gasteiger partial charge in [0, 0.05) is 27.5 Å². The zero-order valence-corrected chi connectivity index (χ0v) is 16.7. The van der Waals surface area contributed by atoms with E-state index in [0.29, 0.717) is 12.1 Å². The number of pyridine rings is 1. The van der Waals surface area contributed by atoms with Gasteiger partial charge in [0.15, 0.2) is 0 Å². The number of nitrogens with zero attached hydrogens (tertiary/aromatic N) is 2. The van der Waals surface area contributed by atoms with Crippen molar-refractivity contribution in [2.24, 2.45) is 5.73 Å². The molecule has 0 radical (unpaired) electrons. The number of aryl methyl sites for hydroxylation is 2. The van der Waals surface area contributed by atoms with E-state index >= 15 is 0 Å². The van der Waals surface area contributed by atoms with Crippen molar-refractivity contribution in [3.8, 4) is 23.1 Å². The van der Waals surface area contributed by atoms with Crippen LogP contribution < -0.4 is 10.5 Å². The lowest BCUT2D eigenvalue weighted by Gasteiger charge is -2.12. The normalized spacial score (nSPS) is 11.1. The fourth-order valence-corrected chi connectivity index (χ4v) is 3.93. The molecular formula is C24H24N4O. The predicted molar refractivity (Wildman–Crippen MR) is 117 cm³/mol. The van der Waals surface area contributed by atoms with Crippen LogP contribution in [0.3, 0.4) is 0 Å². The second-order valence-electron chi connectivity index (χ2n) is 7.26. The molecule has 5 nitrogen and oxygen atoms in total. The monoisotopic (exact) mass is 384 g/mol. The van der Waals surface area contributed by atoms with E-state index in [2.05, 4.69) is 23.2 Å². The minimum Gasteiger partial charge on any atom is -0.494 e. The van der Waals surface area contributed by atoms with Crippen LogP contribution >= 0.6 is 0 Å². The first-order valence-corrected chi connectivity index (χ1v) is 9.85. The lowest BCUT2D eigenvalue weighted by atomic mass is 9.97. The van der Waals surface area contributed by atoms with Gasteiger partial charge in [0.1, 0.15) is 11.3 Å². The average molecular weight is 384 g/mol. The maximum Gasteiger partial charge on any atom is 0.145 e. The van der Waals surface area contributed by atoms with Gasteiger partial charge in [0.05, 0.1) is 24.4 Å². The van der Waals surface area contributed by atoms with E-state index in [1.54, 1.807) is 7.11 Å². The molecule has 5 heteroatoms. The molecule has 0 fully saturated rings. The molecule has 0 unspecified atom stereocenters. The van der Waals surface area contributed by atoms with Gasteiger partial charge in [-0.3, -0.25) is 0 Å². The van der Waals surface area contributed by atoms with Crippen LogP contribution in [0.1, 0.15) is 29.7 Å². The Morgan fingerprint density at radius 3 is 2.72 bits per heavy atom. The molecule has 0 saturated carbocycles. The lowest BCUT2D eigenvalue weighted by Crippen LogP contribution is -1.99. The highest BCUT2D eigenvalue weighted by Gasteiger charge is 2.17. The number of benzene rings is 2. The number of nitrogens with two attached hydrogens (primary N) is 1. The third kappa shape index (κ3) is 3.43. The van der Waals surface area contributed by atoms with Gasteiger partial charge in [-0.25, -0.2) is 4.98 Å². The second-order valence-corrected chi connectivity index (χ2v) is 7.26. The number of fused-ring (bicyclic) bond motifs is 2. The average Bonchev–Trinajstić information content (AvgIpc) is 3.10. The molecule has 0 aliphatic carbocycles. The van der Waals surface area contributed by atoms with Crippen molar-refractivity contribution < 1.29 is 4.74 Å². The summed E-state index contributed by atoms with van der Waals surface area (Å²) in [6, 6.07) is 16.2. The van der Waals surface area contributed by atoms with Crippen molar-refractivity contribution >= 4 is 21.8 Å². The van der Waals surface area contributed by atoms with Gasteiger partial charge in [-0.05, 0) is 74.7 Å². The minimum absolute atomic E-state index is 0.667. The number of methoxy groups -OCH3 is 1. The maximum atomic E-state index is 9.35. The number of nitrogens with one attached hydrogen (secondary N) is 1. The Balaban J connectivity index is 1.98. The largest absolute Gasteiger partial charge is 0.494 e. The molecule has 29 heavy (non-hydrogen) atoms. The molecule has 2 aromatic carbocycles. The molecule has 0 bridgehead atoms. The molecule has 0 spiro atoms. The molecule has 2 heterocycles. The van der Waals surface area contributed by atoms with Gasteiger partial charge in [0.2, 0.25) is 0 Å². The SMILES string of the molecule is COc1ccc(-c2[nH]c3ccc(C#N)cc3c2CCCCN)c2ccc(C)nc12. The van der Waals surface area contributed by atoms with Crippen molar-refractivity contribution in [2.45, 2.75) is 26.2 Å². The summed E-state index contributed by atoms with van der Waals surface area (Å²) in [5, 5.41) is 11.5. The van der Waals surface area contributed by atoms with Crippen molar-refractivity contribution in [1.29, 1.82) is 5.26 Å². The summed E-state index contributed by atoms with van der Waals surface area (Å²) >= 11 is 0. The standard InChI is InChI=1S/C24H24N4O/c1-15-6-8-19-18(9-11-22(29-2)24(19)27-15)23-17(5-3-4-12-25)20-13-16(14-26)7-10-21(20)28-23/h6-11,13,28H,3-5,12,25H2,1-2H3. The summed E-state index contributed by atoms with van der Waals surface area (Å²) in [7, 11) is 1.67. The predicted octanol–water partition coefficient (Wildman–Crippen LogP) is 4.85. The first kappa shape index (κ1) is 19.0. The number of unbranched alkanes of at least 4 members (excludes halogenated alkanes) is 1. The Bertz CT molecular complexity index is 1230. The number of ether oxygens (including phenoxy) is 1. The van der Waals surface area contributed by atoms with Crippen LogP contribution in [0.15, 0.2) is 42.5 Å². The molecule has 3 N–H and O–H groups in total. The van der Waals surface area contributed by atoms with Gasteiger partial charge in [-0.1, -0.05) is 6.07 Å². The van der Waals surface area contributed by atoms with E-state index in [9.17, 15) is 5.26 Å². The van der Waals surface area contributed by atoms with Gasteiger partial charge in [0.25, 0.3) is 0 Å². The topological polar surface area (TPSA) is 87.7 Å². The lowest BCUT2D eigenvalue weighted by molar-refractivity contribution is 0.419. The van der Waals surface area contributed by atoms with E-state index in [-0.39, 0.29) is 0 Å². The van der Waals surface area contributed by atoms with Crippen LogP contribution in [-0.2, 0) is 6.42 Å². The third-order valence-electron chi connectivity index (χ3n) is 5.36. The number of hydrogen-bond donors (Lipinski definition) is 2. The third-order valence-corrected chi connectivity index (χ3v) is 5.36. The summed E-state index contributed by atoms with van der Waals surface area (Å²) < 4.78 is 5.55. The van der Waals surface area contributed by atoms with Gasteiger partial charge < -0.3 is 15.5 Å². The summed E-state index contributed by atoms with van der Waals surface area (Å²) in [4.78, 5) is 8.31. The van der Waals surface area contributed by atoms with Crippen LogP contribution in [0.25, 0.3) is 33.1 Å². The Morgan fingerprint density at radius 1 is 1.10 bits per heavy atom. The quantitative estimate of drug-likeness (QED) is 0.465. The second kappa shape index (κ2) is 7.94. The zero-order valence-electron chi connectivity index (χ0n) is 16.7. The Labute approximate surface area is 170 Å². The first-order valence-electron chi connectivity index (χ1n) is 9.85. The summed E-state index contributed by atoms with van der Waals surface area (Å²) in [5.41, 5.74) is 12.6. The Kier molecular flexibility index (Phi) is 5.20. The van der Waals surface area contributed by atoms with E-state index in [0.717, 1.165) is 63.8 Å². The molecular weight excluding hydrogens is 360 g/mol. The van der Waals surface area contributed by atoms with E-state index in [4.69, 9.17) is 15.5 Å². The highest BCUT2D eigenvalue weighted by atomic mass is 16.5. The number of aromatic nitrogens is 2. The van der Waals surface area contributed by atoms with Crippen LogP contribution in [0, 0.1) is 18.3 Å². The maximum absolute atomic E-state index is 9.35. The molecule has 146 valence electrons. The van der Waals surface area contributed by atoms with Crippen molar-refractivity contribution in [3.05, 3.63) is 59.3 Å². The van der Waals surface area contributed by atoms with Gasteiger partial charge in [-0.2, -0.15) is 5.26 Å². The summed E-state index contributed by atoms with van der Waals surface area (Å²) in [5.74, 6) is 0.764. The van der Waals surface area contributed by atoms with Gasteiger partial charge in [-0.15, -0.1) is 0 Å². The fraction of sp³-hybridized carbons (Fsp3) is 0.250. The van der Waals surface area contributed by atoms with Crippen LogP contribution in [0.4, 0.5) is 0 Å². The highest BCUT2D eigenvalue weighted by Crippen LogP contribution is 2.38. The van der Waals surface area contributed by atoms with Gasteiger partial charge >= 0.3 is 0 Å². The summed E-state index contributed by atoms with van der Waals surface area (Å²) in [6.07, 6.45) is 2.86. The number of rotatable bonds is 6. The molecule has 4 aromatic rings. The van der Waals surface area contributed by atoms with E-state index in [1.165, 1.54) is 5.56 Å². The Morgan fingerprint density at radius 2 is 1.97 bits per heavy atom.